The Bertz CT molecular complexity index is 527. The van der Waals surface area contributed by atoms with Crippen molar-refractivity contribution in [2.75, 3.05) is 26.2 Å². The summed E-state index contributed by atoms with van der Waals surface area (Å²) in [6, 6.07) is 9.86. The zero-order chi connectivity index (χ0) is 17.4. The third-order valence-electron chi connectivity index (χ3n) is 4.25. The van der Waals surface area contributed by atoms with Crippen molar-refractivity contribution in [2.45, 2.75) is 26.4 Å². The second-order valence-electron chi connectivity index (χ2n) is 6.39. The van der Waals surface area contributed by atoms with Gasteiger partial charge in [0.15, 0.2) is 0 Å². The molecule has 0 radical (unpaired) electrons. The van der Waals surface area contributed by atoms with E-state index in [1.165, 1.54) is 0 Å². The predicted molar refractivity (Wildman–Crippen MR) is 90.6 cm³/mol. The van der Waals surface area contributed by atoms with Gasteiger partial charge < -0.3 is 20.1 Å². The zero-order valence-corrected chi connectivity index (χ0v) is 14.1. The summed E-state index contributed by atoms with van der Waals surface area (Å²) < 4.78 is 5.67. The fourth-order valence-electron chi connectivity index (χ4n) is 2.71. The van der Waals surface area contributed by atoms with Gasteiger partial charge in [-0.2, -0.15) is 0 Å². The van der Waals surface area contributed by atoms with Crippen LogP contribution in [0.5, 0.6) is 0 Å². The topological polar surface area (TPSA) is 78.9 Å². The van der Waals surface area contributed by atoms with Gasteiger partial charge in [-0.25, -0.2) is 4.79 Å². The number of carboxylic acids is 1. The van der Waals surface area contributed by atoms with E-state index in [-0.39, 0.29) is 17.9 Å². The number of benzene rings is 1. The number of urea groups is 1. The van der Waals surface area contributed by atoms with E-state index in [9.17, 15) is 9.59 Å². The normalized spacial score (nSPS) is 16.6. The van der Waals surface area contributed by atoms with Crippen LogP contribution in [0.4, 0.5) is 4.79 Å². The lowest BCUT2D eigenvalue weighted by atomic mass is 9.97. The quantitative estimate of drug-likeness (QED) is 0.802. The zero-order valence-electron chi connectivity index (χ0n) is 14.1. The van der Waals surface area contributed by atoms with Crippen LogP contribution in [0.2, 0.25) is 0 Å². The van der Waals surface area contributed by atoms with Crippen LogP contribution in [0, 0.1) is 11.8 Å². The van der Waals surface area contributed by atoms with E-state index in [1.54, 1.807) is 4.90 Å². The molecule has 1 aromatic rings. The number of amides is 2. The van der Waals surface area contributed by atoms with Crippen LogP contribution in [-0.2, 0) is 16.1 Å². The number of ether oxygens (including phenoxy) is 1. The molecule has 2 N–H and O–H groups in total. The largest absolute Gasteiger partial charge is 0.481 e. The second-order valence-corrected chi connectivity index (χ2v) is 6.39. The molecule has 1 aliphatic heterocycles. The average molecular weight is 334 g/mol. The SMILES string of the molecule is CC(CNC(=O)N1CCC(C(=O)O)CC1)COCc1ccccc1. The highest BCUT2D eigenvalue weighted by molar-refractivity contribution is 5.75. The van der Waals surface area contributed by atoms with Crippen LogP contribution in [0.3, 0.4) is 0 Å². The minimum absolute atomic E-state index is 0.117. The number of carbonyl (C=O) groups excluding carboxylic acids is 1. The van der Waals surface area contributed by atoms with Gasteiger partial charge in [-0.1, -0.05) is 37.3 Å². The van der Waals surface area contributed by atoms with Crippen molar-refractivity contribution in [3.63, 3.8) is 0 Å². The Morgan fingerprint density at radius 2 is 1.96 bits per heavy atom. The summed E-state index contributed by atoms with van der Waals surface area (Å²) in [4.78, 5) is 24.7. The lowest BCUT2D eigenvalue weighted by Gasteiger charge is -2.30. The summed E-state index contributed by atoms with van der Waals surface area (Å²) >= 11 is 0. The van der Waals surface area contributed by atoms with Gasteiger partial charge in [0.1, 0.15) is 0 Å². The lowest BCUT2D eigenvalue weighted by molar-refractivity contribution is -0.143. The summed E-state index contributed by atoms with van der Waals surface area (Å²) in [7, 11) is 0. The highest BCUT2D eigenvalue weighted by Crippen LogP contribution is 2.17. The minimum atomic E-state index is -0.765. The molecule has 1 heterocycles. The molecule has 1 unspecified atom stereocenters. The van der Waals surface area contributed by atoms with E-state index in [4.69, 9.17) is 9.84 Å². The molecule has 2 rings (SSSR count). The average Bonchev–Trinajstić information content (AvgIpc) is 2.60. The summed E-state index contributed by atoms with van der Waals surface area (Å²) in [5.41, 5.74) is 1.13. The van der Waals surface area contributed by atoms with E-state index in [0.29, 0.717) is 45.7 Å². The fourth-order valence-corrected chi connectivity index (χ4v) is 2.71. The molecular weight excluding hydrogens is 308 g/mol. The van der Waals surface area contributed by atoms with Gasteiger partial charge in [-0.15, -0.1) is 0 Å². The molecule has 0 aromatic heterocycles. The summed E-state index contributed by atoms with van der Waals surface area (Å²) in [6.07, 6.45) is 1.05. The molecule has 0 saturated carbocycles. The first-order valence-electron chi connectivity index (χ1n) is 8.43. The monoisotopic (exact) mass is 334 g/mol. The maximum Gasteiger partial charge on any atom is 0.317 e. The number of carboxylic acid groups (broad SMARTS) is 1. The molecule has 0 bridgehead atoms. The molecule has 6 nitrogen and oxygen atoms in total. The number of rotatable bonds is 7. The van der Waals surface area contributed by atoms with Crippen LogP contribution in [-0.4, -0.2) is 48.2 Å². The van der Waals surface area contributed by atoms with Gasteiger partial charge in [-0.3, -0.25) is 4.79 Å². The Morgan fingerprint density at radius 3 is 2.58 bits per heavy atom. The Labute approximate surface area is 142 Å². The smallest absolute Gasteiger partial charge is 0.317 e. The summed E-state index contributed by atoms with van der Waals surface area (Å²) in [5.74, 6) is -0.868. The maximum absolute atomic E-state index is 12.1. The molecule has 1 aliphatic rings. The third-order valence-corrected chi connectivity index (χ3v) is 4.25. The molecule has 1 fully saturated rings. The van der Waals surface area contributed by atoms with Crippen molar-refractivity contribution in [1.82, 2.24) is 10.2 Å². The molecular formula is C18H26N2O4. The minimum Gasteiger partial charge on any atom is -0.481 e. The molecule has 1 atom stereocenters. The van der Waals surface area contributed by atoms with Gasteiger partial charge in [-0.05, 0) is 24.3 Å². The summed E-state index contributed by atoms with van der Waals surface area (Å²) in [5, 5.41) is 11.9. The van der Waals surface area contributed by atoms with Crippen molar-refractivity contribution in [2.24, 2.45) is 11.8 Å². The lowest BCUT2D eigenvalue weighted by Crippen LogP contribution is -2.46. The Morgan fingerprint density at radius 1 is 1.29 bits per heavy atom. The molecule has 2 amide bonds. The standard InChI is InChI=1S/C18H26N2O4/c1-14(12-24-13-15-5-3-2-4-6-15)11-19-18(23)20-9-7-16(8-10-20)17(21)22/h2-6,14,16H,7-13H2,1H3,(H,19,23)(H,21,22). The first-order chi connectivity index (χ1) is 11.6. The number of aliphatic carboxylic acids is 1. The van der Waals surface area contributed by atoms with E-state index in [2.05, 4.69) is 5.32 Å². The van der Waals surface area contributed by atoms with Crippen LogP contribution in [0.25, 0.3) is 0 Å². The predicted octanol–water partition coefficient (Wildman–Crippen LogP) is 2.35. The maximum atomic E-state index is 12.1. The van der Waals surface area contributed by atoms with Crippen LogP contribution in [0.1, 0.15) is 25.3 Å². The summed E-state index contributed by atoms with van der Waals surface area (Å²) in [6.45, 7) is 4.73. The molecule has 24 heavy (non-hydrogen) atoms. The number of carbonyl (C=O) groups is 2. The number of nitrogens with one attached hydrogen (secondary N) is 1. The number of likely N-dealkylation sites (tertiary alicyclic amines) is 1. The Kier molecular flexibility index (Phi) is 7.06. The van der Waals surface area contributed by atoms with E-state index in [1.807, 2.05) is 37.3 Å². The fraction of sp³-hybridized carbons (Fsp3) is 0.556. The number of hydrogen-bond acceptors (Lipinski definition) is 3. The number of nitrogens with zero attached hydrogens (tertiary/aromatic N) is 1. The van der Waals surface area contributed by atoms with E-state index < -0.39 is 5.97 Å². The molecule has 1 saturated heterocycles. The van der Waals surface area contributed by atoms with Crippen LogP contribution < -0.4 is 5.32 Å². The highest BCUT2D eigenvalue weighted by atomic mass is 16.5. The second kappa shape index (κ2) is 9.27. The van der Waals surface area contributed by atoms with Crippen molar-refractivity contribution >= 4 is 12.0 Å². The molecule has 0 aliphatic carbocycles. The van der Waals surface area contributed by atoms with Gasteiger partial charge >= 0.3 is 12.0 Å². The van der Waals surface area contributed by atoms with Gasteiger partial charge in [0.25, 0.3) is 0 Å². The Hall–Kier alpha value is -2.08. The van der Waals surface area contributed by atoms with Crippen LogP contribution in [0.15, 0.2) is 30.3 Å². The van der Waals surface area contributed by atoms with E-state index >= 15 is 0 Å². The highest BCUT2D eigenvalue weighted by Gasteiger charge is 2.26. The van der Waals surface area contributed by atoms with Gasteiger partial charge in [0, 0.05) is 19.6 Å². The first-order valence-corrected chi connectivity index (χ1v) is 8.43. The van der Waals surface area contributed by atoms with E-state index in [0.717, 1.165) is 5.56 Å². The Balaban J connectivity index is 1.60. The molecule has 6 heteroatoms. The third kappa shape index (κ3) is 5.85. The van der Waals surface area contributed by atoms with Gasteiger partial charge in [0.2, 0.25) is 0 Å². The van der Waals surface area contributed by atoms with Crippen molar-refractivity contribution in [3.8, 4) is 0 Å². The number of hydrogen-bond donors (Lipinski definition) is 2. The van der Waals surface area contributed by atoms with Crippen molar-refractivity contribution in [1.29, 1.82) is 0 Å². The van der Waals surface area contributed by atoms with Gasteiger partial charge in [0.05, 0.1) is 19.1 Å². The first kappa shape index (κ1) is 18.3. The number of piperidine rings is 1. The molecule has 1 aromatic carbocycles. The van der Waals surface area contributed by atoms with Crippen LogP contribution >= 0.6 is 0 Å². The molecule has 0 spiro atoms. The van der Waals surface area contributed by atoms with Crippen molar-refractivity contribution < 1.29 is 19.4 Å². The molecule has 132 valence electrons. The van der Waals surface area contributed by atoms with Crippen molar-refractivity contribution in [3.05, 3.63) is 35.9 Å².